The van der Waals surface area contributed by atoms with E-state index in [2.05, 4.69) is 6.92 Å². The zero-order valence-electron chi connectivity index (χ0n) is 10.2. The van der Waals surface area contributed by atoms with Crippen molar-refractivity contribution in [1.82, 2.24) is 4.90 Å². The largest absolute Gasteiger partial charge is 0.376 e. The van der Waals surface area contributed by atoms with Gasteiger partial charge in [0.25, 0.3) is 11.8 Å². The third-order valence-electron chi connectivity index (χ3n) is 3.42. The summed E-state index contributed by atoms with van der Waals surface area (Å²) in [6.07, 6.45) is 7.71. The van der Waals surface area contributed by atoms with Crippen LogP contribution in [0.3, 0.4) is 0 Å². The number of carbonyl (C=O) groups is 2. The molecule has 4 nitrogen and oxygen atoms in total. The molecule has 94 valence electrons. The van der Waals surface area contributed by atoms with Gasteiger partial charge in [-0.25, -0.2) is 0 Å². The summed E-state index contributed by atoms with van der Waals surface area (Å²) in [7, 11) is 0. The van der Waals surface area contributed by atoms with Crippen LogP contribution in [0.2, 0.25) is 0 Å². The standard InChI is InChI=1S/C13H19NO3/c1-2-3-9-17-11-6-4-5-10(11)14-12(15)7-8-13(14)16/h7-8,10-11H,2-6,9H2,1H3/t10-,11-/m0/s1. The van der Waals surface area contributed by atoms with Crippen molar-refractivity contribution in [2.75, 3.05) is 6.61 Å². The van der Waals surface area contributed by atoms with Crippen LogP contribution in [0.1, 0.15) is 39.0 Å². The molecule has 2 amide bonds. The topological polar surface area (TPSA) is 46.6 Å². The summed E-state index contributed by atoms with van der Waals surface area (Å²) in [6.45, 7) is 2.84. The molecule has 0 unspecified atom stereocenters. The molecule has 0 aromatic heterocycles. The van der Waals surface area contributed by atoms with E-state index in [1.807, 2.05) is 0 Å². The minimum Gasteiger partial charge on any atom is -0.376 e. The molecular weight excluding hydrogens is 218 g/mol. The van der Waals surface area contributed by atoms with E-state index in [9.17, 15) is 9.59 Å². The first-order valence-electron chi connectivity index (χ1n) is 6.41. The molecule has 1 fully saturated rings. The molecule has 0 aromatic rings. The number of rotatable bonds is 5. The number of imide groups is 1. The van der Waals surface area contributed by atoms with Gasteiger partial charge in [0.1, 0.15) is 0 Å². The van der Waals surface area contributed by atoms with E-state index in [0.29, 0.717) is 0 Å². The number of unbranched alkanes of at least 4 members (excludes halogenated alkanes) is 1. The highest BCUT2D eigenvalue weighted by Crippen LogP contribution is 2.29. The van der Waals surface area contributed by atoms with Gasteiger partial charge in [0.05, 0.1) is 12.1 Å². The summed E-state index contributed by atoms with van der Waals surface area (Å²) in [5, 5.41) is 0. The van der Waals surface area contributed by atoms with Crippen LogP contribution in [0.5, 0.6) is 0 Å². The number of hydrogen-bond acceptors (Lipinski definition) is 3. The fourth-order valence-electron chi connectivity index (χ4n) is 2.51. The predicted molar refractivity (Wildman–Crippen MR) is 63.3 cm³/mol. The van der Waals surface area contributed by atoms with Crippen molar-refractivity contribution in [3.8, 4) is 0 Å². The fourth-order valence-corrected chi connectivity index (χ4v) is 2.51. The smallest absolute Gasteiger partial charge is 0.253 e. The Hall–Kier alpha value is -1.16. The Morgan fingerprint density at radius 2 is 2.00 bits per heavy atom. The lowest BCUT2D eigenvalue weighted by atomic mass is 10.2. The SMILES string of the molecule is CCCCO[C@H]1CCC[C@@H]1N1C(=O)C=CC1=O. The second-order valence-electron chi connectivity index (χ2n) is 4.64. The number of hydrogen-bond donors (Lipinski definition) is 0. The molecule has 1 aliphatic carbocycles. The number of nitrogens with zero attached hydrogens (tertiary/aromatic N) is 1. The molecule has 1 heterocycles. The van der Waals surface area contributed by atoms with Crippen molar-refractivity contribution in [3.63, 3.8) is 0 Å². The molecule has 1 saturated carbocycles. The summed E-state index contributed by atoms with van der Waals surface area (Å²) >= 11 is 0. The lowest BCUT2D eigenvalue weighted by Crippen LogP contribution is -2.45. The molecule has 2 rings (SSSR count). The molecule has 0 spiro atoms. The minimum atomic E-state index is -0.189. The van der Waals surface area contributed by atoms with E-state index < -0.39 is 0 Å². The average Bonchev–Trinajstić information content (AvgIpc) is 2.87. The predicted octanol–water partition coefficient (Wildman–Crippen LogP) is 1.65. The zero-order chi connectivity index (χ0) is 12.3. The van der Waals surface area contributed by atoms with Gasteiger partial charge in [-0.15, -0.1) is 0 Å². The summed E-state index contributed by atoms with van der Waals surface area (Å²) < 4.78 is 5.79. The second-order valence-corrected chi connectivity index (χ2v) is 4.64. The first-order chi connectivity index (χ1) is 8.24. The maximum Gasteiger partial charge on any atom is 0.253 e. The third kappa shape index (κ3) is 2.57. The summed E-state index contributed by atoms with van der Waals surface area (Å²) in [5.74, 6) is -0.378. The third-order valence-corrected chi connectivity index (χ3v) is 3.42. The highest BCUT2D eigenvalue weighted by molar-refractivity contribution is 6.13. The van der Waals surface area contributed by atoms with E-state index in [0.717, 1.165) is 38.7 Å². The average molecular weight is 237 g/mol. The van der Waals surface area contributed by atoms with Gasteiger partial charge < -0.3 is 4.74 Å². The van der Waals surface area contributed by atoms with Crippen LogP contribution in [-0.4, -0.2) is 35.5 Å². The molecule has 0 saturated heterocycles. The van der Waals surface area contributed by atoms with E-state index in [1.165, 1.54) is 17.1 Å². The van der Waals surface area contributed by atoms with Crippen LogP contribution >= 0.6 is 0 Å². The van der Waals surface area contributed by atoms with Crippen LogP contribution in [-0.2, 0) is 14.3 Å². The van der Waals surface area contributed by atoms with E-state index in [1.54, 1.807) is 0 Å². The highest BCUT2D eigenvalue weighted by Gasteiger charge is 2.39. The maximum atomic E-state index is 11.6. The van der Waals surface area contributed by atoms with Crippen molar-refractivity contribution < 1.29 is 14.3 Å². The molecule has 0 radical (unpaired) electrons. The normalized spacial score (nSPS) is 28.4. The van der Waals surface area contributed by atoms with Crippen LogP contribution in [0.15, 0.2) is 12.2 Å². The van der Waals surface area contributed by atoms with Crippen LogP contribution in [0.25, 0.3) is 0 Å². The van der Waals surface area contributed by atoms with E-state index in [4.69, 9.17) is 4.74 Å². The van der Waals surface area contributed by atoms with Gasteiger partial charge in [-0.2, -0.15) is 0 Å². The van der Waals surface area contributed by atoms with Gasteiger partial charge >= 0.3 is 0 Å². The first-order valence-corrected chi connectivity index (χ1v) is 6.41. The molecule has 0 aromatic carbocycles. The highest BCUT2D eigenvalue weighted by atomic mass is 16.5. The van der Waals surface area contributed by atoms with Gasteiger partial charge in [-0.05, 0) is 25.7 Å². The monoisotopic (exact) mass is 237 g/mol. The van der Waals surface area contributed by atoms with Crippen molar-refractivity contribution in [2.24, 2.45) is 0 Å². The molecule has 2 aliphatic rings. The zero-order valence-corrected chi connectivity index (χ0v) is 10.2. The minimum absolute atomic E-state index is 0.0364. The number of ether oxygens (including phenoxy) is 1. The van der Waals surface area contributed by atoms with Crippen molar-refractivity contribution >= 4 is 11.8 Å². The Labute approximate surface area is 102 Å². The van der Waals surface area contributed by atoms with E-state index >= 15 is 0 Å². The van der Waals surface area contributed by atoms with Crippen molar-refractivity contribution in [2.45, 2.75) is 51.2 Å². The number of amides is 2. The van der Waals surface area contributed by atoms with Gasteiger partial charge in [0.15, 0.2) is 0 Å². The van der Waals surface area contributed by atoms with Crippen molar-refractivity contribution in [3.05, 3.63) is 12.2 Å². The molecule has 2 atom stereocenters. The van der Waals surface area contributed by atoms with Gasteiger partial charge in [-0.1, -0.05) is 13.3 Å². The molecule has 17 heavy (non-hydrogen) atoms. The molecule has 4 heteroatoms. The van der Waals surface area contributed by atoms with Crippen LogP contribution < -0.4 is 0 Å². The molecular formula is C13H19NO3. The van der Waals surface area contributed by atoms with Crippen LogP contribution in [0.4, 0.5) is 0 Å². The molecule has 0 bridgehead atoms. The maximum absolute atomic E-state index is 11.6. The molecule has 1 aliphatic heterocycles. The Morgan fingerprint density at radius 3 is 2.65 bits per heavy atom. The fraction of sp³-hybridized carbons (Fsp3) is 0.692. The quantitative estimate of drug-likeness (QED) is 0.539. The first kappa shape index (κ1) is 12.3. The number of carbonyl (C=O) groups excluding carboxylic acids is 2. The van der Waals surface area contributed by atoms with Crippen molar-refractivity contribution in [1.29, 1.82) is 0 Å². The lowest BCUT2D eigenvalue weighted by molar-refractivity contribution is -0.142. The Bertz CT molecular complexity index is 320. The van der Waals surface area contributed by atoms with Gasteiger partial charge in [0, 0.05) is 18.8 Å². The summed E-state index contributed by atoms with van der Waals surface area (Å²) in [6, 6.07) is -0.0538. The Kier molecular flexibility index (Phi) is 3.94. The van der Waals surface area contributed by atoms with E-state index in [-0.39, 0.29) is 24.0 Å². The Balaban J connectivity index is 1.95. The van der Waals surface area contributed by atoms with Crippen LogP contribution in [0, 0.1) is 0 Å². The lowest BCUT2D eigenvalue weighted by Gasteiger charge is -2.27. The van der Waals surface area contributed by atoms with Gasteiger partial charge in [-0.3, -0.25) is 14.5 Å². The summed E-state index contributed by atoms with van der Waals surface area (Å²) in [5.41, 5.74) is 0. The Morgan fingerprint density at radius 1 is 1.29 bits per heavy atom. The summed E-state index contributed by atoms with van der Waals surface area (Å²) in [4.78, 5) is 24.6. The second kappa shape index (κ2) is 5.45. The van der Waals surface area contributed by atoms with Gasteiger partial charge in [0.2, 0.25) is 0 Å². The molecule has 0 N–H and O–H groups in total.